The van der Waals surface area contributed by atoms with Crippen LogP contribution in [0.15, 0.2) is 24.3 Å². The molecule has 0 unspecified atom stereocenters. The summed E-state index contributed by atoms with van der Waals surface area (Å²) < 4.78 is 12.6. The summed E-state index contributed by atoms with van der Waals surface area (Å²) >= 11 is 0. The van der Waals surface area contributed by atoms with Crippen molar-refractivity contribution >= 4 is 5.97 Å². The van der Waals surface area contributed by atoms with Crippen molar-refractivity contribution in [3.05, 3.63) is 35.6 Å². The number of carboxylic acids is 1. The Morgan fingerprint density at radius 2 is 2.07 bits per heavy atom. The van der Waals surface area contributed by atoms with E-state index in [1.54, 1.807) is 19.1 Å². The van der Waals surface area contributed by atoms with Crippen LogP contribution in [0, 0.1) is 5.82 Å². The summed E-state index contributed by atoms with van der Waals surface area (Å²) in [5.41, 5.74) is 0.871. The minimum atomic E-state index is -0.861. The third-order valence-electron chi connectivity index (χ3n) is 2.17. The molecule has 0 bridgehead atoms. The number of nitrogens with one attached hydrogen (secondary N) is 1. The van der Waals surface area contributed by atoms with Crippen molar-refractivity contribution in [2.24, 2.45) is 0 Å². The molecule has 0 heterocycles. The Balaban J connectivity index is 2.49. The lowest BCUT2D eigenvalue weighted by Gasteiger charge is -2.11. The molecule has 1 rings (SSSR count). The normalized spacial score (nSPS) is 12.4. The summed E-state index contributed by atoms with van der Waals surface area (Å²) in [7, 11) is 0. The highest BCUT2D eigenvalue weighted by Crippen LogP contribution is 2.03. The fourth-order valence-electron chi connectivity index (χ4n) is 1.25. The lowest BCUT2D eigenvalue weighted by molar-refractivity contribution is -0.139. The zero-order chi connectivity index (χ0) is 11.3. The van der Waals surface area contributed by atoms with E-state index >= 15 is 0 Å². The van der Waals surface area contributed by atoms with Crippen LogP contribution >= 0.6 is 0 Å². The number of halogens is 1. The van der Waals surface area contributed by atoms with Crippen LogP contribution in [0.25, 0.3) is 0 Å². The maximum absolute atomic E-state index is 12.6. The molecule has 0 fully saturated rings. The second-order valence-corrected chi connectivity index (χ2v) is 3.31. The molecule has 0 aliphatic rings. The van der Waals surface area contributed by atoms with Crippen LogP contribution in [0.5, 0.6) is 0 Å². The quantitative estimate of drug-likeness (QED) is 0.780. The van der Waals surface area contributed by atoms with Gasteiger partial charge in [0.1, 0.15) is 11.9 Å². The highest BCUT2D eigenvalue weighted by Gasteiger charge is 2.13. The van der Waals surface area contributed by atoms with Gasteiger partial charge in [0.05, 0.1) is 0 Å². The predicted octanol–water partition coefficient (Wildman–Crippen LogP) is 1.78. The number of hydrogen-bond donors (Lipinski definition) is 2. The van der Waals surface area contributed by atoms with E-state index in [4.69, 9.17) is 5.11 Å². The minimum absolute atomic E-state index is 0.288. The van der Waals surface area contributed by atoms with Crippen LogP contribution in [0.1, 0.15) is 18.9 Å². The first-order valence-electron chi connectivity index (χ1n) is 4.84. The van der Waals surface area contributed by atoms with Crippen molar-refractivity contribution in [1.82, 2.24) is 5.32 Å². The van der Waals surface area contributed by atoms with Gasteiger partial charge >= 0.3 is 5.97 Å². The van der Waals surface area contributed by atoms with Crippen LogP contribution in [0.3, 0.4) is 0 Å². The maximum atomic E-state index is 12.6. The third kappa shape index (κ3) is 3.67. The van der Waals surface area contributed by atoms with Crippen molar-refractivity contribution in [2.45, 2.75) is 25.9 Å². The van der Waals surface area contributed by atoms with Gasteiger partial charge in [-0.25, -0.2) is 4.39 Å². The Labute approximate surface area is 87.9 Å². The van der Waals surface area contributed by atoms with E-state index < -0.39 is 12.0 Å². The zero-order valence-electron chi connectivity index (χ0n) is 8.53. The van der Waals surface area contributed by atoms with Crippen LogP contribution in [-0.4, -0.2) is 17.1 Å². The van der Waals surface area contributed by atoms with Crippen LogP contribution in [0.2, 0.25) is 0 Å². The molecule has 15 heavy (non-hydrogen) atoms. The number of aliphatic carboxylic acids is 1. The molecule has 1 aromatic carbocycles. The van der Waals surface area contributed by atoms with Crippen LogP contribution in [-0.2, 0) is 11.3 Å². The molecule has 0 aliphatic carbocycles. The van der Waals surface area contributed by atoms with E-state index in [0.717, 1.165) is 5.56 Å². The van der Waals surface area contributed by atoms with Gasteiger partial charge in [-0.15, -0.1) is 0 Å². The first-order valence-corrected chi connectivity index (χ1v) is 4.84. The lowest BCUT2D eigenvalue weighted by atomic mass is 10.2. The van der Waals surface area contributed by atoms with E-state index in [2.05, 4.69) is 5.32 Å². The molecule has 0 amide bonds. The zero-order valence-corrected chi connectivity index (χ0v) is 8.53. The highest BCUT2D eigenvalue weighted by atomic mass is 19.1. The van der Waals surface area contributed by atoms with Crippen LogP contribution in [0.4, 0.5) is 4.39 Å². The van der Waals surface area contributed by atoms with Gasteiger partial charge in [0.15, 0.2) is 0 Å². The molecule has 4 heteroatoms. The topological polar surface area (TPSA) is 49.3 Å². The second kappa shape index (κ2) is 5.46. The fraction of sp³-hybridized carbons (Fsp3) is 0.364. The first-order chi connectivity index (χ1) is 7.13. The van der Waals surface area contributed by atoms with Gasteiger partial charge in [-0.1, -0.05) is 19.1 Å². The summed E-state index contributed by atoms with van der Waals surface area (Å²) in [6.45, 7) is 2.24. The van der Waals surface area contributed by atoms with E-state index in [9.17, 15) is 9.18 Å². The van der Waals surface area contributed by atoms with Gasteiger partial charge in [0.2, 0.25) is 0 Å². The molecule has 0 saturated carbocycles. The monoisotopic (exact) mass is 211 g/mol. The average Bonchev–Trinajstić information content (AvgIpc) is 2.21. The summed E-state index contributed by atoms with van der Waals surface area (Å²) in [5.74, 6) is -1.15. The van der Waals surface area contributed by atoms with Gasteiger partial charge in [0, 0.05) is 6.54 Å². The molecular weight excluding hydrogens is 197 g/mol. The smallest absolute Gasteiger partial charge is 0.320 e. The number of carbonyl (C=O) groups is 1. The fourth-order valence-corrected chi connectivity index (χ4v) is 1.25. The first kappa shape index (κ1) is 11.7. The molecule has 2 N–H and O–H groups in total. The van der Waals surface area contributed by atoms with Crippen LogP contribution < -0.4 is 5.32 Å². The highest BCUT2D eigenvalue weighted by molar-refractivity contribution is 5.73. The molecular formula is C11H14FNO2. The number of hydrogen-bond acceptors (Lipinski definition) is 2. The van der Waals surface area contributed by atoms with Crippen molar-refractivity contribution in [1.29, 1.82) is 0 Å². The third-order valence-corrected chi connectivity index (χ3v) is 2.17. The minimum Gasteiger partial charge on any atom is -0.480 e. The van der Waals surface area contributed by atoms with Gasteiger partial charge in [-0.05, 0) is 24.1 Å². The Hall–Kier alpha value is -1.42. The van der Waals surface area contributed by atoms with Crippen molar-refractivity contribution in [3.63, 3.8) is 0 Å². The maximum Gasteiger partial charge on any atom is 0.320 e. The molecule has 3 nitrogen and oxygen atoms in total. The van der Waals surface area contributed by atoms with Crippen molar-refractivity contribution < 1.29 is 14.3 Å². The molecule has 82 valence electrons. The summed E-state index contributed by atoms with van der Waals surface area (Å²) in [6, 6.07) is 5.45. The number of benzene rings is 1. The largest absolute Gasteiger partial charge is 0.480 e. The Kier molecular flexibility index (Phi) is 4.24. The molecule has 0 aromatic heterocycles. The van der Waals surface area contributed by atoms with E-state index in [0.29, 0.717) is 13.0 Å². The molecule has 0 radical (unpaired) electrons. The SMILES string of the molecule is CC[C@@H](NCc1ccc(F)cc1)C(=O)O. The summed E-state index contributed by atoms with van der Waals surface area (Å²) in [5, 5.41) is 11.7. The van der Waals surface area contributed by atoms with E-state index in [1.165, 1.54) is 12.1 Å². The standard InChI is InChI=1S/C11H14FNO2/c1-2-10(11(14)15)13-7-8-3-5-9(12)6-4-8/h3-6,10,13H,2,7H2,1H3,(H,14,15)/t10-/m1/s1. The van der Waals surface area contributed by atoms with Gasteiger partial charge in [0.25, 0.3) is 0 Å². The van der Waals surface area contributed by atoms with Gasteiger partial charge < -0.3 is 10.4 Å². The van der Waals surface area contributed by atoms with Crippen molar-refractivity contribution in [3.8, 4) is 0 Å². The predicted molar refractivity (Wildman–Crippen MR) is 55.0 cm³/mol. The summed E-state index contributed by atoms with van der Waals surface area (Å²) in [4.78, 5) is 10.7. The van der Waals surface area contributed by atoms with Crippen molar-refractivity contribution in [2.75, 3.05) is 0 Å². The number of rotatable bonds is 5. The molecule has 1 atom stereocenters. The molecule has 0 spiro atoms. The molecule has 1 aromatic rings. The van der Waals surface area contributed by atoms with Gasteiger partial charge in [-0.3, -0.25) is 4.79 Å². The van der Waals surface area contributed by atoms with E-state index in [1.807, 2.05) is 0 Å². The lowest BCUT2D eigenvalue weighted by Crippen LogP contribution is -2.35. The summed E-state index contributed by atoms with van der Waals surface area (Å²) in [6.07, 6.45) is 0.524. The second-order valence-electron chi connectivity index (χ2n) is 3.31. The molecule has 0 aliphatic heterocycles. The average molecular weight is 211 g/mol. The molecule has 0 saturated heterocycles. The Morgan fingerprint density at radius 1 is 1.47 bits per heavy atom. The Morgan fingerprint density at radius 3 is 2.53 bits per heavy atom. The Bertz CT molecular complexity index is 324. The van der Waals surface area contributed by atoms with Gasteiger partial charge in [-0.2, -0.15) is 0 Å². The van der Waals surface area contributed by atoms with E-state index in [-0.39, 0.29) is 5.82 Å². The number of carboxylic acid groups (broad SMARTS) is 1.